The van der Waals surface area contributed by atoms with Crippen LogP contribution < -0.4 is 6.54 Å². The van der Waals surface area contributed by atoms with Crippen molar-refractivity contribution in [2.75, 3.05) is 6.54 Å². The SMILES string of the molecule is CC1=CC[N]([BiH]([I])([c]2ccccc2)[c]2ccccc2)C=C1. The summed E-state index contributed by atoms with van der Waals surface area (Å²) in [5.41, 5.74) is 1.36. The van der Waals surface area contributed by atoms with Crippen LogP contribution in [0.25, 0.3) is 0 Å². The first-order valence-corrected chi connectivity index (χ1v) is 23.7. The molecule has 0 aliphatic carbocycles. The molecule has 0 bridgehead atoms. The third kappa shape index (κ3) is 3.09. The number of benzene rings is 2. The molecule has 21 heavy (non-hydrogen) atoms. The fourth-order valence-corrected chi connectivity index (χ4v) is 23.3. The number of rotatable bonds is 3. The molecule has 2 aromatic carbocycles. The van der Waals surface area contributed by atoms with Gasteiger partial charge in [-0.1, -0.05) is 0 Å². The summed E-state index contributed by atoms with van der Waals surface area (Å²) in [6, 6.07) is 22.1. The van der Waals surface area contributed by atoms with Gasteiger partial charge in [-0.15, -0.1) is 0 Å². The fourth-order valence-electron chi connectivity index (χ4n) is 2.62. The zero-order chi connectivity index (χ0) is 14.7. The predicted octanol–water partition coefficient (Wildman–Crippen LogP) is 3.19. The van der Waals surface area contributed by atoms with Crippen LogP contribution in [0.15, 0.2) is 84.6 Å². The Morgan fingerprint density at radius 3 is 1.86 bits per heavy atom. The monoisotopic (exact) mass is 585 g/mol. The third-order valence-corrected chi connectivity index (χ3v) is 33.1. The van der Waals surface area contributed by atoms with Gasteiger partial charge in [-0.2, -0.15) is 0 Å². The standard InChI is InChI=1S/C6H8N.2C6H5.Bi.HI.H/c1-6-2-4-7-5-3-6;2*1-2-4-6-5-3-1;;;/h2-4H,5H2,1H3;2*1-5H;;1H;/q-1;;;+2;;/p-1. The molecule has 108 valence electrons. The summed E-state index contributed by atoms with van der Waals surface area (Å²) in [7, 11) is 0. The fraction of sp³-hybridized carbons (Fsp3) is 0.111. The van der Waals surface area contributed by atoms with Crippen molar-refractivity contribution in [1.29, 1.82) is 0 Å². The Kier molecular flexibility index (Phi) is 4.80. The number of hydrogen-bond acceptors (Lipinski definition) is 1. The number of hydrogen-bond donors (Lipinski definition) is 0. The van der Waals surface area contributed by atoms with Gasteiger partial charge in [0.15, 0.2) is 0 Å². The summed E-state index contributed by atoms with van der Waals surface area (Å²) >= 11 is -0.221. The van der Waals surface area contributed by atoms with Crippen LogP contribution in [0, 0.1) is 0 Å². The Hall–Kier alpha value is -0.667. The van der Waals surface area contributed by atoms with Gasteiger partial charge in [0.1, 0.15) is 0 Å². The normalized spacial score (nSPS) is 15.7. The van der Waals surface area contributed by atoms with Gasteiger partial charge in [-0.25, -0.2) is 0 Å². The van der Waals surface area contributed by atoms with Gasteiger partial charge >= 0.3 is 142 Å². The van der Waals surface area contributed by atoms with E-state index in [2.05, 4.69) is 107 Å². The molecular weight excluding hydrogens is 566 g/mol. The zero-order valence-corrected chi connectivity index (χ0v) is 18.1. The van der Waals surface area contributed by atoms with Gasteiger partial charge < -0.3 is 0 Å². The van der Waals surface area contributed by atoms with Crippen LogP contribution in [-0.2, 0) is 0 Å². The molecule has 0 spiro atoms. The zero-order valence-electron chi connectivity index (χ0n) is 12.0. The Bertz CT molecular complexity index is 625. The van der Waals surface area contributed by atoms with Crippen molar-refractivity contribution in [3.63, 3.8) is 0 Å². The van der Waals surface area contributed by atoms with Gasteiger partial charge in [0.05, 0.1) is 0 Å². The second-order valence-corrected chi connectivity index (χ2v) is 30.5. The summed E-state index contributed by atoms with van der Waals surface area (Å²) in [4.78, 5) is 0. The Balaban J connectivity index is 2.10. The van der Waals surface area contributed by atoms with Crippen LogP contribution in [0.2, 0.25) is 0 Å². The van der Waals surface area contributed by atoms with Crippen LogP contribution >= 0.6 is 18.0 Å². The van der Waals surface area contributed by atoms with Crippen molar-refractivity contribution in [2.45, 2.75) is 6.92 Å². The van der Waals surface area contributed by atoms with Crippen LogP contribution in [0.3, 0.4) is 0 Å². The molecule has 0 radical (unpaired) electrons. The maximum atomic E-state index is 2.80. The van der Waals surface area contributed by atoms with Crippen molar-refractivity contribution in [3.05, 3.63) is 84.6 Å². The maximum absolute atomic E-state index is 3.02. The summed E-state index contributed by atoms with van der Waals surface area (Å²) in [5.74, 6) is 0. The van der Waals surface area contributed by atoms with E-state index in [1.807, 2.05) is 0 Å². The van der Waals surface area contributed by atoms with Crippen molar-refractivity contribution in [1.82, 2.24) is 2.84 Å². The van der Waals surface area contributed by atoms with Gasteiger partial charge in [-0.05, 0) is 0 Å². The van der Waals surface area contributed by atoms with Crippen LogP contribution in [0.5, 0.6) is 0 Å². The molecule has 0 atom stereocenters. The minimum absolute atomic E-state index is 1.02. The first-order valence-electron chi connectivity index (χ1n) is 7.13. The van der Waals surface area contributed by atoms with E-state index >= 15 is 0 Å². The first kappa shape index (κ1) is 15.2. The first-order chi connectivity index (χ1) is 10.2. The molecule has 0 fully saturated rings. The molecule has 1 heterocycles. The summed E-state index contributed by atoms with van der Waals surface area (Å²) < 4.78 is 5.66. The molecule has 0 aromatic heterocycles. The second kappa shape index (κ2) is 6.62. The quantitative estimate of drug-likeness (QED) is 0.396. The molecule has 1 aliphatic rings. The molecule has 3 rings (SSSR count). The van der Waals surface area contributed by atoms with Crippen molar-refractivity contribution in [2.24, 2.45) is 0 Å². The average Bonchev–Trinajstić information content (AvgIpc) is 2.56. The molecule has 2 aromatic rings. The molecule has 3 heteroatoms. The minimum atomic E-state index is -3.02. The van der Waals surface area contributed by atoms with Gasteiger partial charge in [-0.3, -0.25) is 0 Å². The van der Waals surface area contributed by atoms with Gasteiger partial charge in [0.2, 0.25) is 0 Å². The van der Waals surface area contributed by atoms with Gasteiger partial charge in [0.25, 0.3) is 0 Å². The molecule has 0 N–H and O–H groups in total. The van der Waals surface area contributed by atoms with E-state index in [-0.39, 0.29) is 0 Å². The van der Waals surface area contributed by atoms with Gasteiger partial charge in [0, 0.05) is 0 Å². The van der Waals surface area contributed by atoms with E-state index < -0.39 is 16.4 Å². The van der Waals surface area contributed by atoms with E-state index in [1.165, 1.54) is 12.1 Å². The molecular formula is C18H19BiIN. The molecule has 0 saturated heterocycles. The van der Waals surface area contributed by atoms with E-state index in [0.717, 1.165) is 6.54 Å². The third-order valence-electron chi connectivity index (χ3n) is 3.84. The van der Waals surface area contributed by atoms with Crippen LogP contribution in [0.4, 0.5) is 0 Å². The van der Waals surface area contributed by atoms with E-state index in [4.69, 9.17) is 0 Å². The van der Waals surface area contributed by atoms with Crippen LogP contribution in [0.1, 0.15) is 6.92 Å². The second-order valence-electron chi connectivity index (χ2n) is 5.27. The van der Waals surface area contributed by atoms with Crippen molar-refractivity contribution in [3.8, 4) is 0 Å². The van der Waals surface area contributed by atoms with Crippen molar-refractivity contribution >= 4 is 41.0 Å². The predicted molar refractivity (Wildman–Crippen MR) is 103 cm³/mol. The molecule has 1 aliphatic heterocycles. The Morgan fingerprint density at radius 2 is 1.43 bits per heavy atom. The summed E-state index contributed by atoms with van der Waals surface area (Å²) in [5, 5.41) is 0. The van der Waals surface area contributed by atoms with Crippen LogP contribution in [-0.4, -0.2) is 25.8 Å². The van der Waals surface area contributed by atoms with E-state index in [0.29, 0.717) is 0 Å². The summed E-state index contributed by atoms with van der Waals surface area (Å²) in [6.45, 7) is 3.20. The summed E-state index contributed by atoms with van der Waals surface area (Å²) in [6.07, 6.45) is 6.88. The molecule has 0 amide bonds. The topological polar surface area (TPSA) is 3.24 Å². The molecule has 0 saturated carbocycles. The average molecular weight is 585 g/mol. The number of halogens is 1. The Labute approximate surface area is 140 Å². The van der Waals surface area contributed by atoms with E-state index in [1.54, 1.807) is 0 Å². The molecule has 1 nitrogen and oxygen atoms in total. The van der Waals surface area contributed by atoms with Crippen molar-refractivity contribution < 1.29 is 0 Å². The van der Waals surface area contributed by atoms with E-state index in [9.17, 15) is 0 Å². The Morgan fingerprint density at radius 1 is 0.905 bits per heavy atom. The number of allylic oxidation sites excluding steroid dienone is 2. The number of nitrogens with zero attached hydrogens (tertiary/aromatic N) is 1. The molecule has 0 unspecified atom stereocenters.